The fourth-order valence-electron chi connectivity index (χ4n) is 4.07. The average molecular weight is 525 g/mol. The third-order valence-electron chi connectivity index (χ3n) is 5.66. The van der Waals surface area contributed by atoms with Gasteiger partial charge in [0.25, 0.3) is 0 Å². The van der Waals surface area contributed by atoms with Crippen LogP contribution in [0.5, 0.6) is 0 Å². The standard InChI is InChI=1S/C22H44N4O2.HI/c1-4-23-22(24-10-7-13-28-18-20-8-14-27-15-9-20)25-17-21(16-19(2)3)26-11-5-6-12-26;/h19-21H,4-18H2,1-3H3,(H2,23,24,25);1H. The minimum atomic E-state index is 0. The van der Waals surface area contributed by atoms with Gasteiger partial charge in [-0.15, -0.1) is 24.0 Å². The molecule has 29 heavy (non-hydrogen) atoms. The van der Waals surface area contributed by atoms with Crippen LogP contribution in [0.4, 0.5) is 0 Å². The number of guanidine groups is 1. The first kappa shape index (κ1) is 26.9. The van der Waals surface area contributed by atoms with Crippen LogP contribution in [-0.4, -0.2) is 76.1 Å². The Kier molecular flexibility index (Phi) is 15.4. The monoisotopic (exact) mass is 524 g/mol. The van der Waals surface area contributed by atoms with Crippen LogP contribution in [0.1, 0.15) is 59.3 Å². The molecule has 1 unspecified atom stereocenters. The third-order valence-corrected chi connectivity index (χ3v) is 5.66. The molecule has 0 amide bonds. The molecular formula is C22H45IN4O2. The number of halogens is 1. The molecular weight excluding hydrogens is 479 g/mol. The van der Waals surface area contributed by atoms with Gasteiger partial charge in [0.15, 0.2) is 5.96 Å². The number of rotatable bonds is 12. The molecule has 2 saturated heterocycles. The molecule has 172 valence electrons. The molecule has 0 saturated carbocycles. The predicted molar refractivity (Wildman–Crippen MR) is 132 cm³/mol. The molecule has 2 N–H and O–H groups in total. The Morgan fingerprint density at radius 2 is 1.90 bits per heavy atom. The number of nitrogens with one attached hydrogen (secondary N) is 2. The summed E-state index contributed by atoms with van der Waals surface area (Å²) in [4.78, 5) is 7.54. The minimum absolute atomic E-state index is 0. The number of nitrogens with zero attached hydrogens (tertiary/aromatic N) is 2. The fourth-order valence-corrected chi connectivity index (χ4v) is 4.07. The van der Waals surface area contributed by atoms with E-state index in [9.17, 15) is 0 Å². The molecule has 0 aromatic carbocycles. The van der Waals surface area contributed by atoms with Gasteiger partial charge in [0.2, 0.25) is 0 Å². The van der Waals surface area contributed by atoms with Crippen molar-refractivity contribution >= 4 is 29.9 Å². The van der Waals surface area contributed by atoms with Crippen molar-refractivity contribution in [3.05, 3.63) is 0 Å². The summed E-state index contributed by atoms with van der Waals surface area (Å²) in [5.74, 6) is 2.34. The first-order valence-electron chi connectivity index (χ1n) is 11.6. The molecule has 1 atom stereocenters. The van der Waals surface area contributed by atoms with E-state index in [1.54, 1.807) is 0 Å². The Bertz CT molecular complexity index is 425. The maximum absolute atomic E-state index is 5.86. The van der Waals surface area contributed by atoms with Crippen molar-refractivity contribution in [1.82, 2.24) is 15.5 Å². The molecule has 6 nitrogen and oxygen atoms in total. The first-order chi connectivity index (χ1) is 13.7. The van der Waals surface area contributed by atoms with Gasteiger partial charge in [0, 0.05) is 45.6 Å². The molecule has 2 aliphatic heterocycles. The molecule has 0 bridgehead atoms. The second-order valence-electron chi connectivity index (χ2n) is 8.66. The maximum atomic E-state index is 5.86. The summed E-state index contributed by atoms with van der Waals surface area (Å²) in [6.07, 6.45) is 7.20. The van der Waals surface area contributed by atoms with Crippen molar-refractivity contribution in [1.29, 1.82) is 0 Å². The summed E-state index contributed by atoms with van der Waals surface area (Å²) in [5.41, 5.74) is 0. The molecule has 2 fully saturated rings. The highest BCUT2D eigenvalue weighted by Gasteiger charge is 2.22. The Balaban J connectivity index is 0.00000420. The molecule has 0 aromatic rings. The third kappa shape index (κ3) is 11.7. The quantitative estimate of drug-likeness (QED) is 0.177. The lowest BCUT2D eigenvalue weighted by Crippen LogP contribution is -2.41. The zero-order valence-electron chi connectivity index (χ0n) is 19.0. The molecule has 2 heterocycles. The highest BCUT2D eigenvalue weighted by atomic mass is 127. The van der Waals surface area contributed by atoms with E-state index in [1.807, 2.05) is 0 Å². The van der Waals surface area contributed by atoms with Crippen LogP contribution in [0.2, 0.25) is 0 Å². The second-order valence-corrected chi connectivity index (χ2v) is 8.66. The van der Waals surface area contributed by atoms with Crippen LogP contribution < -0.4 is 10.6 Å². The second kappa shape index (κ2) is 16.6. The number of likely N-dealkylation sites (tertiary alicyclic amines) is 1. The summed E-state index contributed by atoms with van der Waals surface area (Å²) < 4.78 is 11.3. The van der Waals surface area contributed by atoms with Gasteiger partial charge in [0.05, 0.1) is 6.54 Å². The highest BCUT2D eigenvalue weighted by molar-refractivity contribution is 14.0. The molecule has 0 radical (unpaired) electrons. The average Bonchev–Trinajstić information content (AvgIpc) is 3.22. The van der Waals surface area contributed by atoms with E-state index in [2.05, 4.69) is 36.3 Å². The van der Waals surface area contributed by atoms with E-state index in [1.165, 1.54) is 32.4 Å². The van der Waals surface area contributed by atoms with Crippen molar-refractivity contribution in [2.45, 2.75) is 65.3 Å². The number of aliphatic imine (C=N–C) groups is 1. The zero-order valence-corrected chi connectivity index (χ0v) is 21.3. The van der Waals surface area contributed by atoms with Crippen molar-refractivity contribution in [2.75, 3.05) is 59.2 Å². The highest BCUT2D eigenvalue weighted by Crippen LogP contribution is 2.18. The van der Waals surface area contributed by atoms with Crippen molar-refractivity contribution in [3.8, 4) is 0 Å². The Hall–Kier alpha value is -0.120. The van der Waals surface area contributed by atoms with Gasteiger partial charge < -0.3 is 20.1 Å². The van der Waals surface area contributed by atoms with Crippen LogP contribution in [-0.2, 0) is 9.47 Å². The first-order valence-corrected chi connectivity index (χ1v) is 11.6. The van der Waals surface area contributed by atoms with Gasteiger partial charge in [-0.25, -0.2) is 0 Å². The van der Waals surface area contributed by atoms with Crippen LogP contribution in [0.25, 0.3) is 0 Å². The van der Waals surface area contributed by atoms with Gasteiger partial charge in [0.1, 0.15) is 0 Å². The van der Waals surface area contributed by atoms with Gasteiger partial charge in [-0.2, -0.15) is 0 Å². The number of ether oxygens (including phenoxy) is 2. The van der Waals surface area contributed by atoms with Crippen molar-refractivity contribution in [2.24, 2.45) is 16.8 Å². The lowest BCUT2D eigenvalue weighted by Gasteiger charge is -2.28. The SMILES string of the molecule is CCNC(=NCC(CC(C)C)N1CCCC1)NCCCOCC1CCOCC1.I. The van der Waals surface area contributed by atoms with Crippen LogP contribution in [0, 0.1) is 11.8 Å². The van der Waals surface area contributed by atoms with Crippen molar-refractivity contribution in [3.63, 3.8) is 0 Å². The van der Waals surface area contributed by atoms with Gasteiger partial charge in [-0.1, -0.05) is 13.8 Å². The van der Waals surface area contributed by atoms with Crippen LogP contribution >= 0.6 is 24.0 Å². The molecule has 0 spiro atoms. The lowest BCUT2D eigenvalue weighted by molar-refractivity contribution is 0.0203. The minimum Gasteiger partial charge on any atom is -0.381 e. The van der Waals surface area contributed by atoms with Crippen LogP contribution in [0.15, 0.2) is 4.99 Å². The smallest absolute Gasteiger partial charge is 0.191 e. The van der Waals surface area contributed by atoms with Crippen LogP contribution in [0.3, 0.4) is 0 Å². The Morgan fingerprint density at radius 3 is 2.55 bits per heavy atom. The van der Waals surface area contributed by atoms with E-state index in [0.29, 0.717) is 17.9 Å². The van der Waals surface area contributed by atoms with E-state index in [4.69, 9.17) is 14.5 Å². The topological polar surface area (TPSA) is 58.1 Å². The molecule has 2 rings (SSSR count). The largest absolute Gasteiger partial charge is 0.381 e. The van der Waals surface area contributed by atoms with E-state index in [0.717, 1.165) is 71.3 Å². The van der Waals surface area contributed by atoms with Crippen molar-refractivity contribution < 1.29 is 9.47 Å². The summed E-state index contributed by atoms with van der Waals surface area (Å²) in [7, 11) is 0. The maximum Gasteiger partial charge on any atom is 0.191 e. The normalized spacial score (nSPS) is 19.9. The fraction of sp³-hybridized carbons (Fsp3) is 0.955. The number of hydrogen-bond donors (Lipinski definition) is 2. The summed E-state index contributed by atoms with van der Waals surface area (Å²) in [6, 6.07) is 0.570. The predicted octanol–water partition coefficient (Wildman–Crippen LogP) is 3.50. The zero-order chi connectivity index (χ0) is 20.0. The lowest BCUT2D eigenvalue weighted by atomic mass is 10.0. The summed E-state index contributed by atoms with van der Waals surface area (Å²) >= 11 is 0. The van der Waals surface area contributed by atoms with Gasteiger partial charge in [-0.05, 0) is 70.4 Å². The molecule has 0 aliphatic carbocycles. The van der Waals surface area contributed by atoms with E-state index < -0.39 is 0 Å². The molecule has 7 heteroatoms. The van der Waals surface area contributed by atoms with E-state index >= 15 is 0 Å². The Labute approximate surface area is 196 Å². The molecule has 2 aliphatic rings. The summed E-state index contributed by atoms with van der Waals surface area (Å²) in [5, 5.41) is 6.87. The number of hydrogen-bond acceptors (Lipinski definition) is 4. The summed E-state index contributed by atoms with van der Waals surface area (Å²) in [6.45, 7) is 15.4. The van der Waals surface area contributed by atoms with Gasteiger partial charge >= 0.3 is 0 Å². The Morgan fingerprint density at radius 1 is 1.17 bits per heavy atom. The van der Waals surface area contributed by atoms with E-state index in [-0.39, 0.29) is 24.0 Å². The molecule has 0 aromatic heterocycles. The van der Waals surface area contributed by atoms with Gasteiger partial charge in [-0.3, -0.25) is 9.89 Å².